The number of aromatic nitrogens is 1. The van der Waals surface area contributed by atoms with Crippen LogP contribution in [0, 0.1) is 0 Å². The van der Waals surface area contributed by atoms with Crippen molar-refractivity contribution in [1.82, 2.24) is 9.88 Å². The van der Waals surface area contributed by atoms with Crippen molar-refractivity contribution in [3.05, 3.63) is 29.5 Å². The maximum atomic E-state index is 16.1. The van der Waals surface area contributed by atoms with E-state index in [1.54, 1.807) is 32.9 Å². The molecule has 1 spiro atoms. The molecule has 0 aliphatic carbocycles. The number of methoxy groups -OCH3 is 2. The Morgan fingerprint density at radius 1 is 1.22 bits per heavy atom. The quantitative estimate of drug-likeness (QED) is 0.531. The lowest BCUT2D eigenvalue weighted by Crippen LogP contribution is -2.49. The number of hydrogen-bond donors (Lipinski definition) is 0. The van der Waals surface area contributed by atoms with E-state index >= 15 is 8.78 Å². The fraction of sp³-hybridized carbons (Fsp3) is 0.577. The number of alkyl halides is 2. The third-order valence-electron chi connectivity index (χ3n) is 6.45. The van der Waals surface area contributed by atoms with Crippen molar-refractivity contribution in [2.45, 2.75) is 76.5 Å². The van der Waals surface area contributed by atoms with Gasteiger partial charge < -0.3 is 18.9 Å². The molecule has 2 aliphatic heterocycles. The van der Waals surface area contributed by atoms with Crippen molar-refractivity contribution in [3.8, 4) is 11.5 Å². The van der Waals surface area contributed by atoms with Crippen LogP contribution in [0.3, 0.4) is 0 Å². The average Bonchev–Trinajstić information content (AvgIpc) is 3.13. The third kappa shape index (κ3) is 4.53. The molecule has 0 radical (unpaired) electrons. The maximum absolute atomic E-state index is 16.1. The summed E-state index contributed by atoms with van der Waals surface area (Å²) in [6.07, 6.45) is -1.69. The SMILES string of the molecule is COC(=O)[C@@H]1CC2(CN1C(=O)OC(C)(C)C)CC(F)(F)c1c(c(C(C)C)nc3ccc(OC)cc13)O2. The molecule has 1 unspecified atom stereocenters. The van der Waals surface area contributed by atoms with Gasteiger partial charge in [0.25, 0.3) is 5.92 Å². The monoisotopic (exact) mass is 506 g/mol. The first-order chi connectivity index (χ1) is 16.7. The van der Waals surface area contributed by atoms with E-state index in [-0.39, 0.29) is 35.6 Å². The Morgan fingerprint density at radius 3 is 2.50 bits per heavy atom. The van der Waals surface area contributed by atoms with E-state index in [4.69, 9.17) is 18.9 Å². The van der Waals surface area contributed by atoms with E-state index in [1.165, 1.54) is 20.3 Å². The highest BCUT2D eigenvalue weighted by Gasteiger charge is 2.60. The Morgan fingerprint density at radius 2 is 1.92 bits per heavy atom. The molecular weight excluding hydrogens is 474 g/mol. The van der Waals surface area contributed by atoms with E-state index in [0.29, 0.717) is 17.0 Å². The highest BCUT2D eigenvalue weighted by atomic mass is 19.3. The predicted octanol–water partition coefficient (Wildman–Crippen LogP) is 5.16. The van der Waals surface area contributed by atoms with Crippen LogP contribution in [-0.4, -0.2) is 60.0 Å². The van der Waals surface area contributed by atoms with Crippen LogP contribution in [0.5, 0.6) is 11.5 Å². The number of pyridine rings is 1. The van der Waals surface area contributed by atoms with Gasteiger partial charge in [-0.05, 0) is 44.9 Å². The smallest absolute Gasteiger partial charge is 0.411 e. The number of likely N-dealkylation sites (tertiary alicyclic amines) is 1. The molecule has 196 valence electrons. The number of fused-ring (bicyclic) bond motifs is 3. The van der Waals surface area contributed by atoms with Gasteiger partial charge >= 0.3 is 12.1 Å². The van der Waals surface area contributed by atoms with Crippen molar-refractivity contribution in [2.75, 3.05) is 20.8 Å². The third-order valence-corrected chi connectivity index (χ3v) is 6.45. The molecule has 0 bridgehead atoms. The first kappa shape index (κ1) is 25.9. The summed E-state index contributed by atoms with van der Waals surface area (Å²) in [7, 11) is 2.65. The van der Waals surface area contributed by atoms with Crippen molar-refractivity contribution in [1.29, 1.82) is 0 Å². The van der Waals surface area contributed by atoms with Gasteiger partial charge in [0, 0.05) is 11.8 Å². The summed E-state index contributed by atoms with van der Waals surface area (Å²) in [5.74, 6) is -3.88. The first-order valence-corrected chi connectivity index (χ1v) is 11.9. The fourth-order valence-electron chi connectivity index (χ4n) is 4.98. The molecule has 1 fully saturated rings. The minimum absolute atomic E-state index is 0.0170. The Kier molecular flexibility index (Phi) is 6.29. The number of hydrogen-bond acceptors (Lipinski definition) is 7. The highest BCUT2D eigenvalue weighted by molar-refractivity contribution is 5.88. The molecule has 1 amide bonds. The second-order valence-corrected chi connectivity index (χ2v) is 10.8. The van der Waals surface area contributed by atoms with Crippen molar-refractivity contribution in [2.24, 2.45) is 0 Å². The summed E-state index contributed by atoms with van der Waals surface area (Å²) in [5, 5.41) is 0.236. The molecule has 1 saturated heterocycles. The summed E-state index contributed by atoms with van der Waals surface area (Å²) < 4.78 is 54.2. The molecule has 2 aromatic rings. The Balaban J connectivity index is 1.85. The zero-order valence-corrected chi connectivity index (χ0v) is 21.6. The summed E-state index contributed by atoms with van der Waals surface area (Å²) in [6.45, 7) is 8.49. The lowest BCUT2D eigenvalue weighted by Gasteiger charge is -2.41. The molecule has 8 nitrogen and oxygen atoms in total. The molecule has 3 heterocycles. The van der Waals surface area contributed by atoms with Crippen LogP contribution in [0.1, 0.15) is 64.6 Å². The second kappa shape index (κ2) is 8.74. The minimum atomic E-state index is -3.34. The van der Waals surface area contributed by atoms with E-state index < -0.39 is 41.6 Å². The molecule has 0 saturated carbocycles. The molecule has 0 N–H and O–H groups in total. The van der Waals surface area contributed by atoms with Crippen LogP contribution in [-0.2, 0) is 20.2 Å². The number of rotatable bonds is 3. The van der Waals surface area contributed by atoms with E-state index in [0.717, 1.165) is 4.90 Å². The number of benzene rings is 1. The van der Waals surface area contributed by atoms with Gasteiger partial charge in [-0.1, -0.05) is 13.8 Å². The molecule has 1 aromatic heterocycles. The molecule has 1 aromatic carbocycles. The summed E-state index contributed by atoms with van der Waals surface area (Å²) in [6, 6.07) is 3.72. The molecule has 4 rings (SSSR count). The van der Waals surface area contributed by atoms with Gasteiger partial charge in [-0.15, -0.1) is 0 Å². The number of amides is 1. The highest BCUT2D eigenvalue weighted by Crippen LogP contribution is 2.55. The Hall–Kier alpha value is -3.17. The van der Waals surface area contributed by atoms with Gasteiger partial charge in [0.1, 0.15) is 23.0 Å². The number of halogens is 2. The van der Waals surface area contributed by atoms with Crippen LogP contribution in [0.4, 0.5) is 13.6 Å². The number of carbonyl (C=O) groups is 2. The van der Waals surface area contributed by atoms with Crippen molar-refractivity contribution in [3.63, 3.8) is 0 Å². The Bertz CT molecular complexity index is 1210. The number of carbonyl (C=O) groups excluding carboxylic acids is 2. The van der Waals surface area contributed by atoms with Gasteiger partial charge in [-0.2, -0.15) is 0 Å². The standard InChI is InChI=1S/C26H32F2N2O6/c1-14(2)20-21-19(16-10-15(33-6)8-9-17(16)29-20)26(27,28)12-25(35-21)11-18(22(31)34-7)30(13-25)23(32)36-24(3,4)5/h8-10,14,18H,11-13H2,1-7H3/t18-,25?/m0/s1. The fourth-order valence-corrected chi connectivity index (χ4v) is 4.98. The largest absolute Gasteiger partial charge is 0.497 e. The van der Waals surface area contributed by atoms with E-state index in [9.17, 15) is 9.59 Å². The summed E-state index contributed by atoms with van der Waals surface area (Å²) in [4.78, 5) is 31.4. The number of ether oxygens (including phenoxy) is 4. The van der Waals surface area contributed by atoms with Gasteiger partial charge in [-0.25, -0.2) is 23.4 Å². The van der Waals surface area contributed by atoms with Crippen LogP contribution in [0.2, 0.25) is 0 Å². The van der Waals surface area contributed by atoms with Crippen LogP contribution < -0.4 is 9.47 Å². The van der Waals surface area contributed by atoms with Crippen LogP contribution in [0.15, 0.2) is 18.2 Å². The van der Waals surface area contributed by atoms with E-state index in [1.807, 2.05) is 13.8 Å². The van der Waals surface area contributed by atoms with Crippen LogP contribution >= 0.6 is 0 Å². The van der Waals surface area contributed by atoms with Crippen LogP contribution in [0.25, 0.3) is 10.9 Å². The van der Waals surface area contributed by atoms with Gasteiger partial charge in [-0.3, -0.25) is 4.90 Å². The number of nitrogens with zero attached hydrogens (tertiary/aromatic N) is 2. The molecule has 2 atom stereocenters. The van der Waals surface area contributed by atoms with Crippen molar-refractivity contribution < 1.29 is 37.3 Å². The Labute approximate surface area is 208 Å². The normalized spacial score (nSPS) is 22.9. The zero-order valence-electron chi connectivity index (χ0n) is 21.6. The molecule has 2 aliphatic rings. The summed E-state index contributed by atoms with van der Waals surface area (Å²) in [5.41, 5.74) is -1.85. The first-order valence-electron chi connectivity index (χ1n) is 11.9. The zero-order chi connectivity index (χ0) is 26.6. The summed E-state index contributed by atoms with van der Waals surface area (Å²) >= 11 is 0. The lowest BCUT2D eigenvalue weighted by molar-refractivity contribution is -0.146. The predicted molar refractivity (Wildman–Crippen MR) is 128 cm³/mol. The topological polar surface area (TPSA) is 87.2 Å². The van der Waals surface area contributed by atoms with Gasteiger partial charge in [0.2, 0.25) is 0 Å². The molecule has 10 heteroatoms. The second-order valence-electron chi connectivity index (χ2n) is 10.8. The average molecular weight is 507 g/mol. The van der Waals surface area contributed by atoms with E-state index in [2.05, 4.69) is 4.98 Å². The lowest BCUT2D eigenvalue weighted by atomic mass is 9.83. The molecule has 36 heavy (non-hydrogen) atoms. The number of esters is 1. The molecular formula is C26H32F2N2O6. The van der Waals surface area contributed by atoms with Crippen molar-refractivity contribution >= 4 is 23.0 Å². The minimum Gasteiger partial charge on any atom is -0.497 e. The maximum Gasteiger partial charge on any atom is 0.411 e. The van der Waals surface area contributed by atoms with Gasteiger partial charge in [0.15, 0.2) is 5.75 Å². The van der Waals surface area contributed by atoms with Gasteiger partial charge in [0.05, 0.1) is 44.0 Å².